The topological polar surface area (TPSA) is 240 Å². The summed E-state index contributed by atoms with van der Waals surface area (Å²) in [6.07, 6.45) is -2.68. The van der Waals surface area contributed by atoms with Crippen LogP contribution in [-0.2, 0) is 51.5 Å². The van der Waals surface area contributed by atoms with Gasteiger partial charge in [-0.05, 0) is 24.4 Å². The van der Waals surface area contributed by atoms with Crippen LogP contribution < -0.4 is 5.32 Å². The summed E-state index contributed by atoms with van der Waals surface area (Å²) in [6, 6.07) is 0.227. The van der Waals surface area contributed by atoms with E-state index >= 15 is 0 Å². The van der Waals surface area contributed by atoms with E-state index < -0.39 is 71.0 Å². The summed E-state index contributed by atoms with van der Waals surface area (Å²) >= 11 is 6.21. The van der Waals surface area contributed by atoms with E-state index in [2.05, 4.69) is 20.4 Å². The molecule has 1 saturated heterocycles. The number of carbonyl (C=O) groups excluding carboxylic acids is 2. The highest BCUT2D eigenvalue weighted by molar-refractivity contribution is 7.53. The van der Waals surface area contributed by atoms with Crippen LogP contribution in [0.4, 0.5) is 15.4 Å². The Hall–Kier alpha value is -2.91. The van der Waals surface area contributed by atoms with Gasteiger partial charge in [0.25, 0.3) is 0 Å². The summed E-state index contributed by atoms with van der Waals surface area (Å²) < 4.78 is 64.5. The largest absolute Gasteiger partial charge is 0.510 e. The predicted octanol–water partition coefficient (Wildman–Crippen LogP) is 2.17. The molecule has 1 aliphatic carbocycles. The van der Waals surface area contributed by atoms with Gasteiger partial charge in [-0.3, -0.25) is 13.6 Å². The van der Waals surface area contributed by atoms with Crippen molar-refractivity contribution in [2.45, 2.75) is 56.3 Å². The summed E-state index contributed by atoms with van der Waals surface area (Å²) in [7, 11) is -1.48. The van der Waals surface area contributed by atoms with Gasteiger partial charge >= 0.3 is 19.9 Å². The Kier molecular flexibility index (Phi) is 14.8. The zero-order valence-electron chi connectivity index (χ0n) is 26.3. The van der Waals surface area contributed by atoms with E-state index in [9.17, 15) is 24.4 Å². The molecule has 2 aromatic heterocycles. The Morgan fingerprint density at radius 1 is 0.979 bits per heavy atom. The average Bonchev–Trinajstić information content (AvgIpc) is 3.78. The molecule has 0 amide bonds. The number of aliphatic hydroxyl groups excluding tert-OH is 2. The number of anilines is 1. The van der Waals surface area contributed by atoms with Crippen molar-refractivity contribution in [2.24, 2.45) is 0 Å². The molecular weight excluding hydrogens is 689 g/mol. The summed E-state index contributed by atoms with van der Waals surface area (Å²) in [4.78, 5) is 31.9. The van der Waals surface area contributed by atoms with E-state index in [1.807, 2.05) is 0 Å². The zero-order chi connectivity index (χ0) is 34.5. The zero-order valence-corrected chi connectivity index (χ0v) is 27.9. The Bertz CT molecular complexity index is 1350. The molecule has 48 heavy (non-hydrogen) atoms. The molecule has 2 aromatic rings. The lowest BCUT2D eigenvalue weighted by Crippen LogP contribution is -2.34. The fourth-order valence-corrected chi connectivity index (χ4v) is 5.87. The number of rotatable bonds is 19. The molecule has 2 aliphatic rings. The van der Waals surface area contributed by atoms with E-state index in [1.54, 1.807) is 0 Å². The number of nitrogens with zero attached hydrogens (tertiary/aromatic N) is 4. The van der Waals surface area contributed by atoms with Crippen LogP contribution in [0.15, 0.2) is 6.20 Å². The van der Waals surface area contributed by atoms with E-state index in [0.717, 1.165) is 25.7 Å². The second-order valence-electron chi connectivity index (χ2n) is 10.4. The molecule has 270 valence electrons. The molecule has 0 radical (unpaired) electrons. The number of aliphatic hydroxyl groups is 2. The molecule has 0 unspecified atom stereocenters. The second-order valence-corrected chi connectivity index (χ2v) is 12.8. The summed E-state index contributed by atoms with van der Waals surface area (Å²) in [5, 5.41) is 29.8. The van der Waals surface area contributed by atoms with Crippen molar-refractivity contribution in [3.63, 3.8) is 0 Å². The van der Waals surface area contributed by atoms with Gasteiger partial charge in [0, 0.05) is 20.3 Å². The quantitative estimate of drug-likeness (QED) is 0.0617. The van der Waals surface area contributed by atoms with Crippen molar-refractivity contribution in [3.8, 4) is 0 Å². The summed E-state index contributed by atoms with van der Waals surface area (Å²) in [6.45, 7) is -2.17. The first-order valence-electron chi connectivity index (χ1n) is 14.9. The molecule has 1 aliphatic heterocycles. The number of ether oxygens (including phenoxy) is 8. The smallest absolute Gasteiger partial charge is 0.432 e. The predicted molar refractivity (Wildman–Crippen MR) is 161 cm³/mol. The number of fused-ring (bicyclic) bond motifs is 1. The van der Waals surface area contributed by atoms with Crippen molar-refractivity contribution in [1.82, 2.24) is 19.7 Å². The molecule has 2 fully saturated rings. The molecular formula is C26H39ClN5O15P. The average molecular weight is 728 g/mol. The van der Waals surface area contributed by atoms with Crippen molar-refractivity contribution >= 4 is 48.4 Å². The van der Waals surface area contributed by atoms with Crippen LogP contribution in [0.2, 0.25) is 5.28 Å². The molecule has 3 heterocycles. The van der Waals surface area contributed by atoms with Crippen LogP contribution >= 0.6 is 19.2 Å². The summed E-state index contributed by atoms with van der Waals surface area (Å²) in [5.74, 6) is 0.492. The maximum atomic E-state index is 13.3. The third-order valence-corrected chi connectivity index (χ3v) is 8.76. The Morgan fingerprint density at radius 3 is 2.21 bits per heavy atom. The second kappa shape index (κ2) is 18.7. The molecule has 1 saturated carbocycles. The maximum absolute atomic E-state index is 13.3. The van der Waals surface area contributed by atoms with E-state index in [0.29, 0.717) is 11.2 Å². The van der Waals surface area contributed by atoms with Crippen LogP contribution in [-0.4, -0.2) is 134 Å². The fourth-order valence-electron chi connectivity index (χ4n) is 4.73. The standard InChI is InChI=1S/C26H39ClN5O15P/c1-38-7-9-41-25(35)43-13-45-48(37,46-14-44-26(36)42-10-8-39-2)15-40-12-18-19(33)20(34)23(47-18)32-22-17(11-28-32)21(30-24(27)31-22)29-16-5-3-4-6-16/h11,16,18-20,23,33-34H,3-10,12-15H2,1-2H3,(H,29,30,31)/t18-,19-,20-,23-/m1/s1. The molecule has 3 N–H and O–H groups in total. The van der Waals surface area contributed by atoms with Gasteiger partial charge in [0.15, 0.2) is 11.9 Å². The normalized spacial score (nSPS) is 21.4. The number of aromatic nitrogens is 4. The highest BCUT2D eigenvalue weighted by Gasteiger charge is 2.45. The lowest BCUT2D eigenvalue weighted by atomic mass is 10.1. The molecule has 0 aromatic carbocycles. The minimum absolute atomic E-state index is 0.0483. The van der Waals surface area contributed by atoms with Crippen molar-refractivity contribution in [1.29, 1.82) is 0 Å². The highest BCUT2D eigenvalue weighted by Crippen LogP contribution is 2.48. The Morgan fingerprint density at radius 2 is 1.60 bits per heavy atom. The van der Waals surface area contributed by atoms with Gasteiger partial charge in [-0.25, -0.2) is 14.3 Å². The molecule has 4 rings (SSSR count). The van der Waals surface area contributed by atoms with Crippen LogP contribution in [0.1, 0.15) is 31.9 Å². The molecule has 22 heteroatoms. The van der Waals surface area contributed by atoms with Gasteiger partial charge in [-0.2, -0.15) is 15.1 Å². The summed E-state index contributed by atoms with van der Waals surface area (Å²) in [5.41, 5.74) is 0.265. The lowest BCUT2D eigenvalue weighted by molar-refractivity contribution is -0.0689. The van der Waals surface area contributed by atoms with Crippen molar-refractivity contribution in [3.05, 3.63) is 11.5 Å². The SMILES string of the molecule is COCCOC(=O)OCOP(=O)(COC[C@H]1O[C@@H](n2ncc3c(NC4CCCC4)nc(Cl)nc32)[C@H](O)[C@@H]1O)OCOC(=O)OCCOC. The number of nitrogens with one attached hydrogen (secondary N) is 1. The highest BCUT2D eigenvalue weighted by atomic mass is 35.5. The Labute approximate surface area is 279 Å². The van der Waals surface area contributed by atoms with Crippen LogP contribution in [0.3, 0.4) is 0 Å². The van der Waals surface area contributed by atoms with Crippen molar-refractivity contribution < 1.29 is 71.3 Å². The van der Waals surface area contributed by atoms with Gasteiger partial charge in [-0.1, -0.05) is 12.8 Å². The third-order valence-electron chi connectivity index (χ3n) is 7.10. The molecule has 20 nitrogen and oxygen atoms in total. The number of methoxy groups -OCH3 is 2. The maximum Gasteiger partial charge on any atom is 0.510 e. The monoisotopic (exact) mass is 727 g/mol. The fraction of sp³-hybridized carbons (Fsp3) is 0.731. The molecule has 0 spiro atoms. The van der Waals surface area contributed by atoms with Crippen LogP contribution in [0, 0.1) is 0 Å². The van der Waals surface area contributed by atoms with Gasteiger partial charge in [0.1, 0.15) is 43.7 Å². The first-order valence-corrected chi connectivity index (χ1v) is 17.0. The van der Waals surface area contributed by atoms with Crippen molar-refractivity contribution in [2.75, 3.05) is 72.5 Å². The van der Waals surface area contributed by atoms with E-state index in [4.69, 9.17) is 58.5 Å². The third kappa shape index (κ3) is 10.8. The van der Waals surface area contributed by atoms with Gasteiger partial charge in [-0.15, -0.1) is 0 Å². The number of hydrogen-bond acceptors (Lipinski definition) is 19. The van der Waals surface area contributed by atoms with E-state index in [-0.39, 0.29) is 43.4 Å². The van der Waals surface area contributed by atoms with E-state index in [1.165, 1.54) is 25.1 Å². The minimum atomic E-state index is -4.30. The minimum Gasteiger partial charge on any atom is -0.432 e. The lowest BCUT2D eigenvalue weighted by Gasteiger charge is -2.20. The number of halogens is 1. The first-order chi connectivity index (χ1) is 23.1. The Balaban J connectivity index is 1.35. The number of hydrogen-bond donors (Lipinski definition) is 3. The van der Waals surface area contributed by atoms with Gasteiger partial charge in [0.2, 0.25) is 18.9 Å². The van der Waals surface area contributed by atoms with Gasteiger partial charge < -0.3 is 53.4 Å². The van der Waals surface area contributed by atoms with Crippen LogP contribution in [0.5, 0.6) is 0 Å². The first kappa shape index (κ1) is 37.9. The van der Waals surface area contributed by atoms with Gasteiger partial charge in [0.05, 0.1) is 31.4 Å². The number of carbonyl (C=O) groups is 2. The molecule has 4 atom stereocenters. The molecule has 0 bridgehead atoms. The van der Waals surface area contributed by atoms with Crippen LogP contribution in [0.25, 0.3) is 11.0 Å².